The summed E-state index contributed by atoms with van der Waals surface area (Å²) in [6.07, 6.45) is 6.85. The van der Waals surface area contributed by atoms with Gasteiger partial charge in [-0.15, -0.1) is 0 Å². The van der Waals surface area contributed by atoms with Gasteiger partial charge in [-0.1, -0.05) is 0 Å². The molecule has 1 aliphatic heterocycles. The Morgan fingerprint density at radius 3 is 2.65 bits per heavy atom. The van der Waals surface area contributed by atoms with E-state index in [2.05, 4.69) is 16.0 Å². The number of aromatic nitrogens is 2. The van der Waals surface area contributed by atoms with Crippen molar-refractivity contribution in [2.45, 2.75) is 31.6 Å². The lowest BCUT2D eigenvalue weighted by Crippen LogP contribution is -2.37. The van der Waals surface area contributed by atoms with Crippen LogP contribution in [-0.2, 0) is 0 Å². The molecule has 0 unspecified atom stereocenters. The zero-order valence-corrected chi connectivity index (χ0v) is 10.2. The van der Waals surface area contributed by atoms with Crippen LogP contribution in [0.3, 0.4) is 0 Å². The van der Waals surface area contributed by atoms with Crippen molar-refractivity contribution < 1.29 is 0 Å². The standard InChI is InChI=1S/C13H20N4/c14-9-10-4-7-17(8-5-10)13-15-6-3-12(16-13)11-1-2-11/h3,6,10-11H,1-2,4-5,7-9,14H2. The predicted molar refractivity (Wildman–Crippen MR) is 68.0 cm³/mol. The average molecular weight is 232 g/mol. The summed E-state index contributed by atoms with van der Waals surface area (Å²) >= 11 is 0. The first kappa shape index (κ1) is 11.0. The van der Waals surface area contributed by atoms with Gasteiger partial charge in [0.2, 0.25) is 5.95 Å². The molecule has 3 rings (SSSR count). The van der Waals surface area contributed by atoms with Crippen LogP contribution in [0.4, 0.5) is 5.95 Å². The molecule has 0 amide bonds. The lowest BCUT2D eigenvalue weighted by molar-refractivity contribution is 0.411. The molecule has 92 valence electrons. The third-order valence-corrected chi connectivity index (χ3v) is 3.89. The van der Waals surface area contributed by atoms with E-state index in [0.717, 1.165) is 25.6 Å². The van der Waals surface area contributed by atoms with Crippen LogP contribution in [0, 0.1) is 5.92 Å². The third kappa shape index (κ3) is 2.41. The summed E-state index contributed by atoms with van der Waals surface area (Å²) in [5.74, 6) is 2.32. The maximum Gasteiger partial charge on any atom is 0.225 e. The maximum atomic E-state index is 5.71. The second-order valence-corrected chi connectivity index (χ2v) is 5.22. The van der Waals surface area contributed by atoms with Gasteiger partial charge in [0.1, 0.15) is 0 Å². The molecule has 1 aromatic heterocycles. The van der Waals surface area contributed by atoms with E-state index in [1.165, 1.54) is 31.4 Å². The Balaban J connectivity index is 1.69. The molecule has 4 heteroatoms. The highest BCUT2D eigenvalue weighted by Gasteiger charge is 2.26. The Bertz CT molecular complexity index is 381. The van der Waals surface area contributed by atoms with Crippen molar-refractivity contribution in [3.8, 4) is 0 Å². The van der Waals surface area contributed by atoms with Gasteiger partial charge >= 0.3 is 0 Å². The fourth-order valence-electron chi connectivity index (χ4n) is 2.49. The van der Waals surface area contributed by atoms with Crippen molar-refractivity contribution in [3.63, 3.8) is 0 Å². The maximum absolute atomic E-state index is 5.71. The van der Waals surface area contributed by atoms with Crippen LogP contribution in [0.2, 0.25) is 0 Å². The monoisotopic (exact) mass is 232 g/mol. The second-order valence-electron chi connectivity index (χ2n) is 5.22. The van der Waals surface area contributed by atoms with Gasteiger partial charge in [0.15, 0.2) is 0 Å². The fraction of sp³-hybridized carbons (Fsp3) is 0.692. The minimum atomic E-state index is 0.692. The van der Waals surface area contributed by atoms with Gasteiger partial charge in [0.05, 0.1) is 0 Å². The molecule has 0 aromatic carbocycles. The van der Waals surface area contributed by atoms with Crippen molar-refractivity contribution >= 4 is 5.95 Å². The van der Waals surface area contributed by atoms with E-state index in [0.29, 0.717) is 11.8 Å². The topological polar surface area (TPSA) is 55.0 Å². The molecule has 4 nitrogen and oxygen atoms in total. The van der Waals surface area contributed by atoms with Gasteiger partial charge in [-0.05, 0) is 44.2 Å². The quantitative estimate of drug-likeness (QED) is 0.858. The van der Waals surface area contributed by atoms with E-state index in [1.54, 1.807) is 0 Å². The molecule has 2 heterocycles. The molecule has 0 bridgehead atoms. The van der Waals surface area contributed by atoms with E-state index < -0.39 is 0 Å². The zero-order valence-electron chi connectivity index (χ0n) is 10.2. The lowest BCUT2D eigenvalue weighted by atomic mass is 9.97. The van der Waals surface area contributed by atoms with Crippen molar-refractivity contribution in [2.75, 3.05) is 24.5 Å². The van der Waals surface area contributed by atoms with Gasteiger partial charge in [-0.3, -0.25) is 0 Å². The molecule has 0 spiro atoms. The number of hydrogen-bond acceptors (Lipinski definition) is 4. The van der Waals surface area contributed by atoms with E-state index in [9.17, 15) is 0 Å². The first-order chi connectivity index (χ1) is 8.36. The minimum Gasteiger partial charge on any atom is -0.341 e. The molecule has 0 atom stereocenters. The Morgan fingerprint density at radius 2 is 2.00 bits per heavy atom. The van der Waals surface area contributed by atoms with Crippen LogP contribution in [0.5, 0.6) is 0 Å². The number of piperidine rings is 1. The van der Waals surface area contributed by atoms with Crippen molar-refractivity contribution in [1.29, 1.82) is 0 Å². The number of nitrogens with zero attached hydrogens (tertiary/aromatic N) is 3. The van der Waals surface area contributed by atoms with Gasteiger partial charge in [-0.2, -0.15) is 0 Å². The molecular weight excluding hydrogens is 212 g/mol. The summed E-state index contributed by atoms with van der Waals surface area (Å²) in [5.41, 5.74) is 6.94. The van der Waals surface area contributed by atoms with E-state index in [-0.39, 0.29) is 0 Å². The van der Waals surface area contributed by atoms with Gasteiger partial charge in [0, 0.05) is 30.9 Å². The first-order valence-corrected chi connectivity index (χ1v) is 6.65. The lowest BCUT2D eigenvalue weighted by Gasteiger charge is -2.31. The molecule has 1 aliphatic carbocycles. The molecule has 2 fully saturated rings. The zero-order chi connectivity index (χ0) is 11.7. The Kier molecular flexibility index (Phi) is 2.97. The summed E-state index contributed by atoms with van der Waals surface area (Å²) in [4.78, 5) is 11.4. The van der Waals surface area contributed by atoms with E-state index >= 15 is 0 Å². The predicted octanol–water partition coefficient (Wildman–Crippen LogP) is 1.53. The summed E-state index contributed by atoms with van der Waals surface area (Å²) in [5, 5.41) is 0. The molecule has 0 radical (unpaired) electrons. The summed E-state index contributed by atoms with van der Waals surface area (Å²) in [6.45, 7) is 2.92. The normalized spacial score (nSPS) is 21.8. The number of hydrogen-bond donors (Lipinski definition) is 1. The number of anilines is 1. The number of rotatable bonds is 3. The smallest absolute Gasteiger partial charge is 0.225 e. The van der Waals surface area contributed by atoms with Crippen LogP contribution in [0.1, 0.15) is 37.3 Å². The Morgan fingerprint density at radius 1 is 1.24 bits per heavy atom. The van der Waals surface area contributed by atoms with Crippen LogP contribution in [0.15, 0.2) is 12.3 Å². The SMILES string of the molecule is NCC1CCN(c2nccc(C3CC3)n2)CC1. The molecule has 2 aliphatic rings. The van der Waals surface area contributed by atoms with Gasteiger partial charge in [0.25, 0.3) is 0 Å². The largest absolute Gasteiger partial charge is 0.341 e. The minimum absolute atomic E-state index is 0.692. The third-order valence-electron chi connectivity index (χ3n) is 3.89. The molecule has 1 saturated heterocycles. The second kappa shape index (κ2) is 4.61. The van der Waals surface area contributed by atoms with Crippen LogP contribution >= 0.6 is 0 Å². The number of nitrogens with two attached hydrogens (primary N) is 1. The first-order valence-electron chi connectivity index (χ1n) is 6.65. The fourth-order valence-corrected chi connectivity index (χ4v) is 2.49. The van der Waals surface area contributed by atoms with Gasteiger partial charge < -0.3 is 10.6 Å². The highest BCUT2D eigenvalue weighted by molar-refractivity contribution is 5.32. The van der Waals surface area contributed by atoms with Crippen LogP contribution in [0.25, 0.3) is 0 Å². The molecule has 17 heavy (non-hydrogen) atoms. The highest BCUT2D eigenvalue weighted by Crippen LogP contribution is 2.39. The molecular formula is C13H20N4. The van der Waals surface area contributed by atoms with Crippen molar-refractivity contribution in [2.24, 2.45) is 11.7 Å². The van der Waals surface area contributed by atoms with Crippen LogP contribution in [-0.4, -0.2) is 29.6 Å². The van der Waals surface area contributed by atoms with Gasteiger partial charge in [-0.25, -0.2) is 9.97 Å². The van der Waals surface area contributed by atoms with Crippen LogP contribution < -0.4 is 10.6 Å². The Hall–Kier alpha value is -1.16. The summed E-state index contributed by atoms with van der Waals surface area (Å²) in [7, 11) is 0. The van der Waals surface area contributed by atoms with E-state index in [4.69, 9.17) is 10.7 Å². The van der Waals surface area contributed by atoms with Crippen molar-refractivity contribution in [1.82, 2.24) is 9.97 Å². The molecule has 1 saturated carbocycles. The summed E-state index contributed by atoms with van der Waals surface area (Å²) in [6, 6.07) is 2.06. The van der Waals surface area contributed by atoms with E-state index in [1.807, 2.05) is 6.20 Å². The molecule has 2 N–H and O–H groups in total. The highest BCUT2D eigenvalue weighted by atomic mass is 15.3. The average Bonchev–Trinajstić information content (AvgIpc) is 3.23. The molecule has 1 aromatic rings. The van der Waals surface area contributed by atoms with Crippen molar-refractivity contribution in [3.05, 3.63) is 18.0 Å². The summed E-state index contributed by atoms with van der Waals surface area (Å²) < 4.78 is 0. The Labute approximate surface area is 102 Å².